The minimum Gasteiger partial charge on any atom is -0.481 e. The molecule has 1 N–H and O–H groups in total. The summed E-state index contributed by atoms with van der Waals surface area (Å²) in [6.07, 6.45) is -0.449. The lowest BCUT2D eigenvalue weighted by molar-refractivity contribution is -0.141. The molecule has 5 rings (SSSR count). The lowest BCUT2D eigenvalue weighted by Crippen LogP contribution is -2.31. The SMILES string of the molecule is Cc1cc(C)cc(C2CN(C(=O)OCC3c4ccccc4-c4ccccc43)CC2C(=O)O)c1. The molecule has 2 aliphatic rings. The van der Waals surface area contributed by atoms with Crippen LogP contribution in [0.25, 0.3) is 11.1 Å². The topological polar surface area (TPSA) is 66.8 Å². The number of ether oxygens (including phenoxy) is 1. The number of hydrogen-bond acceptors (Lipinski definition) is 3. The van der Waals surface area contributed by atoms with Gasteiger partial charge in [-0.25, -0.2) is 4.79 Å². The van der Waals surface area contributed by atoms with Crippen molar-refractivity contribution in [2.24, 2.45) is 5.92 Å². The fourth-order valence-corrected chi connectivity index (χ4v) is 5.45. The molecule has 1 fully saturated rings. The normalized spacial score (nSPS) is 19.3. The number of carbonyl (C=O) groups excluding carboxylic acids is 1. The molecule has 2 unspecified atom stereocenters. The number of aliphatic carboxylic acids is 1. The van der Waals surface area contributed by atoms with E-state index in [2.05, 4.69) is 30.3 Å². The summed E-state index contributed by atoms with van der Waals surface area (Å²) in [4.78, 5) is 26.6. The second kappa shape index (κ2) is 8.39. The third-order valence-corrected chi connectivity index (χ3v) is 6.90. The lowest BCUT2D eigenvalue weighted by atomic mass is 9.87. The van der Waals surface area contributed by atoms with Gasteiger partial charge < -0.3 is 14.7 Å². The summed E-state index contributed by atoms with van der Waals surface area (Å²) in [7, 11) is 0. The summed E-state index contributed by atoms with van der Waals surface area (Å²) in [5, 5.41) is 9.83. The summed E-state index contributed by atoms with van der Waals surface area (Å²) in [6, 6.07) is 22.5. The van der Waals surface area contributed by atoms with Gasteiger partial charge in [-0.05, 0) is 41.7 Å². The van der Waals surface area contributed by atoms with Crippen LogP contribution in [0.4, 0.5) is 4.79 Å². The molecular formula is C28H27NO4. The summed E-state index contributed by atoms with van der Waals surface area (Å²) in [6.45, 7) is 4.74. The number of carboxylic acids is 1. The number of carboxylic acid groups (broad SMARTS) is 1. The summed E-state index contributed by atoms with van der Waals surface area (Å²) >= 11 is 0. The van der Waals surface area contributed by atoms with E-state index in [1.165, 1.54) is 11.1 Å². The van der Waals surface area contributed by atoms with E-state index in [0.29, 0.717) is 6.54 Å². The van der Waals surface area contributed by atoms with E-state index in [-0.39, 0.29) is 25.0 Å². The van der Waals surface area contributed by atoms with Crippen LogP contribution in [0.3, 0.4) is 0 Å². The molecule has 168 valence electrons. The summed E-state index contributed by atoms with van der Waals surface area (Å²) < 4.78 is 5.78. The van der Waals surface area contributed by atoms with Crippen LogP contribution >= 0.6 is 0 Å². The van der Waals surface area contributed by atoms with E-state index in [9.17, 15) is 14.7 Å². The van der Waals surface area contributed by atoms with E-state index < -0.39 is 18.0 Å². The first kappa shape index (κ1) is 21.3. The summed E-state index contributed by atoms with van der Waals surface area (Å²) in [5.41, 5.74) is 7.82. The Morgan fingerprint density at radius 2 is 1.48 bits per heavy atom. The van der Waals surface area contributed by atoms with Gasteiger partial charge in [0.15, 0.2) is 0 Å². The molecule has 1 heterocycles. The molecule has 3 aromatic carbocycles. The molecule has 1 aliphatic heterocycles. The highest BCUT2D eigenvalue weighted by molar-refractivity contribution is 5.79. The van der Waals surface area contributed by atoms with Gasteiger partial charge in [0.1, 0.15) is 6.61 Å². The number of rotatable bonds is 4. The Balaban J connectivity index is 1.33. The van der Waals surface area contributed by atoms with Gasteiger partial charge in [-0.15, -0.1) is 0 Å². The Morgan fingerprint density at radius 3 is 2.06 bits per heavy atom. The smallest absolute Gasteiger partial charge is 0.409 e. The van der Waals surface area contributed by atoms with Crippen molar-refractivity contribution in [1.29, 1.82) is 0 Å². The van der Waals surface area contributed by atoms with Crippen molar-refractivity contribution >= 4 is 12.1 Å². The number of hydrogen-bond donors (Lipinski definition) is 1. The van der Waals surface area contributed by atoms with Crippen LogP contribution in [0.1, 0.15) is 39.7 Å². The first-order chi connectivity index (χ1) is 15.9. The van der Waals surface area contributed by atoms with Gasteiger partial charge in [0.05, 0.1) is 5.92 Å². The highest BCUT2D eigenvalue weighted by atomic mass is 16.6. The Bertz CT molecular complexity index is 1170. The van der Waals surface area contributed by atoms with Crippen molar-refractivity contribution < 1.29 is 19.4 Å². The molecule has 5 heteroatoms. The van der Waals surface area contributed by atoms with E-state index in [0.717, 1.165) is 27.8 Å². The zero-order chi connectivity index (χ0) is 23.1. The Morgan fingerprint density at radius 1 is 0.909 bits per heavy atom. The molecule has 33 heavy (non-hydrogen) atoms. The van der Waals surface area contributed by atoms with Crippen molar-refractivity contribution in [2.75, 3.05) is 19.7 Å². The van der Waals surface area contributed by atoms with Crippen LogP contribution in [-0.2, 0) is 9.53 Å². The van der Waals surface area contributed by atoms with Crippen molar-refractivity contribution in [3.8, 4) is 11.1 Å². The van der Waals surface area contributed by atoms with Crippen LogP contribution < -0.4 is 0 Å². The largest absolute Gasteiger partial charge is 0.481 e. The molecule has 3 aromatic rings. The maximum Gasteiger partial charge on any atom is 0.409 e. The van der Waals surface area contributed by atoms with Crippen molar-refractivity contribution in [3.63, 3.8) is 0 Å². The molecule has 1 aliphatic carbocycles. The average molecular weight is 442 g/mol. The molecule has 0 bridgehead atoms. The molecule has 0 spiro atoms. The van der Waals surface area contributed by atoms with Crippen molar-refractivity contribution in [3.05, 3.63) is 94.5 Å². The zero-order valence-electron chi connectivity index (χ0n) is 18.8. The molecular weight excluding hydrogens is 414 g/mol. The number of benzene rings is 3. The number of amides is 1. The van der Waals surface area contributed by atoms with Crippen LogP contribution in [0.5, 0.6) is 0 Å². The molecule has 1 amide bonds. The quantitative estimate of drug-likeness (QED) is 0.592. The fraction of sp³-hybridized carbons (Fsp3) is 0.286. The highest BCUT2D eigenvalue weighted by Crippen LogP contribution is 2.44. The number of aryl methyl sites for hydroxylation is 2. The number of carbonyl (C=O) groups is 2. The van der Waals surface area contributed by atoms with Gasteiger partial charge in [0, 0.05) is 24.9 Å². The van der Waals surface area contributed by atoms with Gasteiger partial charge in [-0.3, -0.25) is 4.79 Å². The second-order valence-corrected chi connectivity index (χ2v) is 9.18. The van der Waals surface area contributed by atoms with E-state index in [1.807, 2.05) is 50.2 Å². The molecule has 0 aromatic heterocycles. The fourth-order valence-electron chi connectivity index (χ4n) is 5.45. The Kier molecular flexibility index (Phi) is 5.41. The highest BCUT2D eigenvalue weighted by Gasteiger charge is 2.41. The van der Waals surface area contributed by atoms with Crippen LogP contribution in [0.15, 0.2) is 66.7 Å². The van der Waals surface area contributed by atoms with Crippen molar-refractivity contribution in [1.82, 2.24) is 4.90 Å². The molecule has 2 atom stereocenters. The number of nitrogens with zero attached hydrogens (tertiary/aromatic N) is 1. The molecule has 1 saturated heterocycles. The molecule has 5 nitrogen and oxygen atoms in total. The third kappa shape index (κ3) is 3.88. The second-order valence-electron chi connectivity index (χ2n) is 9.18. The minimum absolute atomic E-state index is 0.0190. The summed E-state index contributed by atoms with van der Waals surface area (Å²) in [5.74, 6) is -1.80. The minimum atomic E-state index is -0.881. The van der Waals surface area contributed by atoms with Crippen molar-refractivity contribution in [2.45, 2.75) is 25.7 Å². The monoisotopic (exact) mass is 441 g/mol. The standard InChI is InChI=1S/C28H27NO4/c1-17-11-18(2)13-19(12-17)24-14-29(15-25(24)27(30)31)28(32)33-16-26-22-9-5-3-7-20(22)21-8-4-6-10-23(21)26/h3-13,24-26H,14-16H2,1-2H3,(H,30,31). The number of fused-ring (bicyclic) bond motifs is 3. The molecule has 0 radical (unpaired) electrons. The maximum atomic E-state index is 13.0. The van der Waals surface area contributed by atoms with Crippen LogP contribution in [0, 0.1) is 19.8 Å². The Hall–Kier alpha value is -3.60. The average Bonchev–Trinajstić information content (AvgIpc) is 3.38. The van der Waals surface area contributed by atoms with Gasteiger partial charge in [-0.2, -0.15) is 0 Å². The van der Waals surface area contributed by atoms with E-state index >= 15 is 0 Å². The van der Waals surface area contributed by atoms with Gasteiger partial charge in [0.2, 0.25) is 0 Å². The first-order valence-corrected chi connectivity index (χ1v) is 11.3. The third-order valence-electron chi connectivity index (χ3n) is 6.90. The van der Waals surface area contributed by atoms with E-state index in [1.54, 1.807) is 4.90 Å². The van der Waals surface area contributed by atoms with Gasteiger partial charge >= 0.3 is 12.1 Å². The predicted molar refractivity (Wildman–Crippen MR) is 126 cm³/mol. The zero-order valence-corrected chi connectivity index (χ0v) is 18.8. The maximum absolute atomic E-state index is 13.0. The van der Waals surface area contributed by atoms with Gasteiger partial charge in [0.25, 0.3) is 0 Å². The van der Waals surface area contributed by atoms with Crippen LogP contribution in [-0.4, -0.2) is 41.8 Å². The van der Waals surface area contributed by atoms with Crippen LogP contribution in [0.2, 0.25) is 0 Å². The number of likely N-dealkylation sites (tertiary alicyclic amines) is 1. The predicted octanol–water partition coefficient (Wildman–Crippen LogP) is 5.35. The first-order valence-electron chi connectivity index (χ1n) is 11.3. The lowest BCUT2D eigenvalue weighted by Gasteiger charge is -2.19. The van der Waals surface area contributed by atoms with Gasteiger partial charge in [-0.1, -0.05) is 77.9 Å². The van der Waals surface area contributed by atoms with E-state index in [4.69, 9.17) is 4.74 Å². The molecule has 0 saturated carbocycles. The Labute approximate surface area is 193 Å².